The van der Waals surface area contributed by atoms with Crippen molar-refractivity contribution in [2.24, 2.45) is 0 Å². The fourth-order valence-electron chi connectivity index (χ4n) is 4.49. The zero-order chi connectivity index (χ0) is 27.0. The average molecular weight is 563 g/mol. The van der Waals surface area contributed by atoms with Crippen LogP contribution in [0.25, 0.3) is 0 Å². The maximum absolute atomic E-state index is 12.6. The molecule has 2 unspecified atom stereocenters. The molecule has 2 rings (SSSR count). The first kappa shape index (κ1) is 30.9. The fourth-order valence-corrected chi connectivity index (χ4v) is 22.9. The average Bonchev–Trinajstić information content (AvgIpc) is 2.74. The molecule has 0 fully saturated rings. The van der Waals surface area contributed by atoms with Gasteiger partial charge in [0.25, 0.3) is 0 Å². The van der Waals surface area contributed by atoms with Gasteiger partial charge in [-0.25, -0.2) is 0 Å². The summed E-state index contributed by atoms with van der Waals surface area (Å²) in [4.78, 5) is 12.6. The van der Waals surface area contributed by atoms with E-state index in [1.807, 2.05) is 54.6 Å². The van der Waals surface area contributed by atoms with Crippen molar-refractivity contribution in [3.05, 3.63) is 65.7 Å². The van der Waals surface area contributed by atoms with Crippen LogP contribution in [0.3, 0.4) is 0 Å². The standard InChI is InChI=1S/C27H46O5Si4/c1-10-22-35(8,30-33(2,3)4)32-36(9,31-34(5,6)7)23-14-21-29-26-19-17-25(18-20-26)27(28)24-15-12-11-13-16-24/h11-13,15-20H,10,14,21-23H2,1-9H3. The number of benzene rings is 2. The molecule has 36 heavy (non-hydrogen) atoms. The molecule has 200 valence electrons. The molecule has 0 heterocycles. The number of carbonyl (C=O) groups excluding carboxylic acids is 1. The van der Waals surface area contributed by atoms with Crippen molar-refractivity contribution in [2.45, 2.75) is 84.2 Å². The smallest absolute Gasteiger partial charge is 0.316 e. The van der Waals surface area contributed by atoms with Crippen LogP contribution in [0.5, 0.6) is 5.75 Å². The molecule has 0 saturated carbocycles. The quantitative estimate of drug-likeness (QED) is 0.125. The molecule has 5 nitrogen and oxygen atoms in total. The van der Waals surface area contributed by atoms with E-state index in [1.165, 1.54) is 0 Å². The topological polar surface area (TPSA) is 54.0 Å². The minimum atomic E-state index is -2.46. The summed E-state index contributed by atoms with van der Waals surface area (Å²) in [6.07, 6.45) is 1.90. The Balaban J connectivity index is 2.01. The van der Waals surface area contributed by atoms with Crippen LogP contribution in [-0.2, 0) is 12.3 Å². The highest BCUT2D eigenvalue weighted by Gasteiger charge is 2.46. The molecule has 0 aliphatic heterocycles. The second kappa shape index (κ2) is 12.9. The number of ketones is 1. The van der Waals surface area contributed by atoms with Gasteiger partial charge in [-0.1, -0.05) is 43.7 Å². The van der Waals surface area contributed by atoms with Crippen LogP contribution in [0, 0.1) is 0 Å². The summed E-state index contributed by atoms with van der Waals surface area (Å²) in [5, 5.41) is 0. The summed E-state index contributed by atoms with van der Waals surface area (Å²) < 4.78 is 26.4. The molecule has 2 atom stereocenters. The monoisotopic (exact) mass is 562 g/mol. The minimum absolute atomic E-state index is 0.0180. The zero-order valence-corrected chi connectivity index (χ0v) is 27.8. The second-order valence-electron chi connectivity index (χ2n) is 11.7. The molecule has 0 spiro atoms. The van der Waals surface area contributed by atoms with Gasteiger partial charge < -0.3 is 17.1 Å². The number of hydrogen-bond acceptors (Lipinski definition) is 5. The molecule has 0 aromatic heterocycles. The van der Waals surface area contributed by atoms with E-state index < -0.39 is 33.8 Å². The van der Waals surface area contributed by atoms with Gasteiger partial charge in [0.15, 0.2) is 22.4 Å². The number of carbonyl (C=O) groups is 1. The maximum atomic E-state index is 12.6. The van der Waals surface area contributed by atoms with E-state index in [1.54, 1.807) is 0 Å². The van der Waals surface area contributed by atoms with Gasteiger partial charge in [0, 0.05) is 11.1 Å². The van der Waals surface area contributed by atoms with E-state index in [0.29, 0.717) is 17.7 Å². The van der Waals surface area contributed by atoms with E-state index in [2.05, 4.69) is 59.3 Å². The van der Waals surface area contributed by atoms with Crippen molar-refractivity contribution >= 4 is 39.5 Å². The molecule has 0 radical (unpaired) electrons. The van der Waals surface area contributed by atoms with Crippen molar-refractivity contribution in [3.63, 3.8) is 0 Å². The van der Waals surface area contributed by atoms with E-state index in [0.717, 1.165) is 30.7 Å². The molecule has 0 aliphatic rings. The van der Waals surface area contributed by atoms with Crippen molar-refractivity contribution in [1.82, 2.24) is 0 Å². The first-order valence-corrected chi connectivity index (χ1v) is 24.9. The van der Waals surface area contributed by atoms with Crippen LogP contribution in [0.4, 0.5) is 0 Å². The van der Waals surface area contributed by atoms with Crippen LogP contribution in [0.1, 0.15) is 35.7 Å². The number of rotatable bonds is 15. The molecule has 0 N–H and O–H groups in total. The predicted molar refractivity (Wildman–Crippen MR) is 160 cm³/mol. The summed E-state index contributed by atoms with van der Waals surface area (Å²) in [6.45, 7) is 20.6. The van der Waals surface area contributed by atoms with Crippen molar-refractivity contribution < 1.29 is 21.9 Å². The SMILES string of the molecule is CCC[Si](C)(O[Si](C)(C)C)O[Si](C)(CCCOc1ccc(C(=O)c2ccccc2)cc1)O[Si](C)(C)C. The van der Waals surface area contributed by atoms with Gasteiger partial charge >= 0.3 is 17.1 Å². The molecule has 2 aromatic rings. The summed E-state index contributed by atoms with van der Waals surface area (Å²) >= 11 is 0. The van der Waals surface area contributed by atoms with Crippen molar-refractivity contribution in [1.29, 1.82) is 0 Å². The first-order valence-electron chi connectivity index (χ1n) is 13.1. The fraction of sp³-hybridized carbons (Fsp3) is 0.519. The Morgan fingerprint density at radius 2 is 1.17 bits per heavy atom. The van der Waals surface area contributed by atoms with Crippen LogP contribution >= 0.6 is 0 Å². The Labute approximate surface area is 223 Å². The van der Waals surface area contributed by atoms with Crippen LogP contribution in [-0.4, -0.2) is 46.1 Å². The van der Waals surface area contributed by atoms with E-state index >= 15 is 0 Å². The van der Waals surface area contributed by atoms with Gasteiger partial charge in [0.05, 0.1) is 6.61 Å². The lowest BCUT2D eigenvalue weighted by Gasteiger charge is -2.42. The highest BCUT2D eigenvalue weighted by molar-refractivity contribution is 6.89. The van der Waals surface area contributed by atoms with Gasteiger partial charge in [0.1, 0.15) is 5.75 Å². The molecule has 9 heteroatoms. The van der Waals surface area contributed by atoms with Crippen molar-refractivity contribution in [2.75, 3.05) is 6.61 Å². The van der Waals surface area contributed by atoms with Crippen LogP contribution < -0.4 is 4.74 Å². The highest BCUT2D eigenvalue weighted by Crippen LogP contribution is 2.30. The molecular formula is C27H46O5Si4. The summed E-state index contributed by atoms with van der Waals surface area (Å²) in [6, 6.07) is 18.6. The van der Waals surface area contributed by atoms with Gasteiger partial charge in [-0.3, -0.25) is 4.79 Å². The lowest BCUT2D eigenvalue weighted by Crippen LogP contribution is -2.58. The summed E-state index contributed by atoms with van der Waals surface area (Å²) in [7, 11) is -8.34. The summed E-state index contributed by atoms with van der Waals surface area (Å²) in [5.41, 5.74) is 1.35. The zero-order valence-electron chi connectivity index (χ0n) is 23.8. The second-order valence-corrected chi connectivity index (χ2v) is 28.2. The Hall–Kier alpha value is -1.34. The Morgan fingerprint density at radius 1 is 0.667 bits per heavy atom. The highest BCUT2D eigenvalue weighted by atomic mass is 28.5. The largest absolute Gasteiger partial charge is 0.494 e. The lowest BCUT2D eigenvalue weighted by molar-refractivity contribution is 0.103. The molecule has 0 bridgehead atoms. The molecule has 2 aromatic carbocycles. The third-order valence-corrected chi connectivity index (χ3v) is 19.9. The van der Waals surface area contributed by atoms with Gasteiger partial charge in [-0.05, 0) is 95.2 Å². The Bertz CT molecular complexity index is 957. The molecule has 0 saturated heterocycles. The normalized spacial score (nSPS) is 15.7. The number of hydrogen-bond donors (Lipinski definition) is 0. The van der Waals surface area contributed by atoms with E-state index in [9.17, 15) is 4.79 Å². The molecular weight excluding hydrogens is 517 g/mol. The van der Waals surface area contributed by atoms with Gasteiger partial charge in [-0.2, -0.15) is 0 Å². The third-order valence-electron chi connectivity index (χ3n) is 5.38. The van der Waals surface area contributed by atoms with Crippen LogP contribution in [0.2, 0.25) is 64.5 Å². The van der Waals surface area contributed by atoms with Crippen LogP contribution in [0.15, 0.2) is 54.6 Å². The predicted octanol–water partition coefficient (Wildman–Crippen LogP) is 7.96. The first-order chi connectivity index (χ1) is 16.6. The lowest BCUT2D eigenvalue weighted by atomic mass is 10.0. The van der Waals surface area contributed by atoms with Crippen molar-refractivity contribution in [3.8, 4) is 5.75 Å². The Morgan fingerprint density at radius 3 is 1.67 bits per heavy atom. The maximum Gasteiger partial charge on any atom is 0.316 e. The Kier molecular flexibility index (Phi) is 11.1. The van der Waals surface area contributed by atoms with E-state index in [4.69, 9.17) is 17.1 Å². The van der Waals surface area contributed by atoms with Gasteiger partial charge in [0.2, 0.25) is 0 Å². The molecule has 0 aliphatic carbocycles. The minimum Gasteiger partial charge on any atom is -0.494 e. The number of ether oxygens (including phenoxy) is 1. The van der Waals surface area contributed by atoms with E-state index in [-0.39, 0.29) is 5.78 Å². The van der Waals surface area contributed by atoms with Gasteiger partial charge in [-0.15, -0.1) is 0 Å². The summed E-state index contributed by atoms with van der Waals surface area (Å²) in [5.74, 6) is 0.784. The molecule has 0 amide bonds. The third kappa shape index (κ3) is 11.0.